The fourth-order valence-electron chi connectivity index (χ4n) is 1.29. The molecule has 2 rings (SSSR count). The first-order chi connectivity index (χ1) is 6.58. The predicted molar refractivity (Wildman–Crippen MR) is 62.0 cm³/mol. The maximum absolute atomic E-state index is 5.70. The Kier molecular flexibility index (Phi) is 2.75. The zero-order valence-corrected chi connectivity index (χ0v) is 11.1. The molecule has 14 heavy (non-hydrogen) atoms. The van der Waals surface area contributed by atoms with Crippen molar-refractivity contribution in [1.82, 2.24) is 0 Å². The summed E-state index contributed by atoms with van der Waals surface area (Å²) in [6, 6.07) is 3.84. The van der Waals surface area contributed by atoms with Crippen LogP contribution in [0.4, 0.5) is 0 Å². The number of hydrogen-bond donors (Lipinski definition) is 0. The molecule has 76 valence electrons. The molecular weight excluding hydrogens is 312 g/mol. The fourth-order valence-corrected chi connectivity index (χ4v) is 1.93. The third kappa shape index (κ3) is 1.77. The smallest absolute Gasteiger partial charge is 0.163 e. The van der Waals surface area contributed by atoms with Crippen LogP contribution in [-0.2, 0) is 0 Å². The molecule has 0 saturated heterocycles. The molecule has 0 fully saturated rings. The minimum absolute atomic E-state index is 0.0931. The highest BCUT2D eigenvalue weighted by molar-refractivity contribution is 9.13. The van der Waals surface area contributed by atoms with Crippen LogP contribution in [0.2, 0.25) is 0 Å². The lowest BCUT2D eigenvalue weighted by Crippen LogP contribution is -2.34. The molecule has 2 nitrogen and oxygen atoms in total. The summed E-state index contributed by atoms with van der Waals surface area (Å²) in [5, 5.41) is 0. The van der Waals surface area contributed by atoms with Crippen molar-refractivity contribution in [3.05, 3.63) is 21.1 Å². The van der Waals surface area contributed by atoms with Crippen molar-refractivity contribution in [2.24, 2.45) is 0 Å². The second kappa shape index (κ2) is 3.74. The molecule has 0 amide bonds. The van der Waals surface area contributed by atoms with Crippen LogP contribution in [0.5, 0.6) is 11.5 Å². The minimum atomic E-state index is 0.0931. The van der Waals surface area contributed by atoms with Gasteiger partial charge >= 0.3 is 0 Å². The summed E-state index contributed by atoms with van der Waals surface area (Å²) in [6.07, 6.45) is 0.186. The van der Waals surface area contributed by atoms with Gasteiger partial charge in [-0.2, -0.15) is 0 Å². The van der Waals surface area contributed by atoms with Gasteiger partial charge < -0.3 is 9.47 Å². The fraction of sp³-hybridized carbons (Fsp3) is 0.400. The van der Waals surface area contributed by atoms with E-state index in [1.807, 2.05) is 26.0 Å². The van der Waals surface area contributed by atoms with E-state index in [0.29, 0.717) is 0 Å². The summed E-state index contributed by atoms with van der Waals surface area (Å²) in [7, 11) is 0. The Morgan fingerprint density at radius 1 is 0.929 bits per heavy atom. The largest absolute Gasteiger partial charge is 0.483 e. The Bertz CT molecular complexity index is 330. The van der Waals surface area contributed by atoms with Gasteiger partial charge in [-0.3, -0.25) is 0 Å². The van der Waals surface area contributed by atoms with E-state index in [1.54, 1.807) is 0 Å². The summed E-state index contributed by atoms with van der Waals surface area (Å²) in [5.74, 6) is 1.59. The Morgan fingerprint density at radius 3 is 1.64 bits per heavy atom. The zero-order chi connectivity index (χ0) is 10.3. The molecule has 0 bridgehead atoms. The molecule has 2 unspecified atom stereocenters. The highest BCUT2D eigenvalue weighted by Crippen LogP contribution is 2.40. The predicted octanol–water partition coefficient (Wildman–Crippen LogP) is 3.76. The molecule has 1 aromatic carbocycles. The van der Waals surface area contributed by atoms with E-state index < -0.39 is 0 Å². The van der Waals surface area contributed by atoms with Crippen LogP contribution in [0.1, 0.15) is 13.8 Å². The van der Waals surface area contributed by atoms with Crippen LogP contribution < -0.4 is 9.47 Å². The topological polar surface area (TPSA) is 18.5 Å². The van der Waals surface area contributed by atoms with Crippen LogP contribution in [0, 0.1) is 0 Å². The van der Waals surface area contributed by atoms with Crippen LogP contribution in [0.25, 0.3) is 0 Å². The van der Waals surface area contributed by atoms with Crippen molar-refractivity contribution in [3.8, 4) is 11.5 Å². The number of rotatable bonds is 0. The van der Waals surface area contributed by atoms with Crippen LogP contribution in [0.3, 0.4) is 0 Å². The van der Waals surface area contributed by atoms with Gasteiger partial charge in [0.25, 0.3) is 0 Å². The standard InChI is InChI=1S/C10H10Br2O2/c1-5-6(2)14-10-4-8(12)7(11)3-9(10)13-5/h3-6H,1-2H3. The Hall–Kier alpha value is -0.220. The van der Waals surface area contributed by atoms with Gasteiger partial charge in [-0.15, -0.1) is 0 Å². The molecule has 1 aliphatic heterocycles. The SMILES string of the molecule is CC1Oc2cc(Br)c(Br)cc2OC1C. The molecule has 0 aromatic heterocycles. The number of fused-ring (bicyclic) bond motifs is 1. The van der Waals surface area contributed by atoms with Crippen molar-refractivity contribution in [3.63, 3.8) is 0 Å². The molecule has 1 heterocycles. The highest BCUT2D eigenvalue weighted by atomic mass is 79.9. The minimum Gasteiger partial charge on any atom is -0.483 e. The number of benzene rings is 1. The van der Waals surface area contributed by atoms with E-state index >= 15 is 0 Å². The molecular formula is C10H10Br2O2. The van der Waals surface area contributed by atoms with E-state index in [9.17, 15) is 0 Å². The first kappa shape index (κ1) is 10.3. The summed E-state index contributed by atoms with van der Waals surface area (Å²) in [6.45, 7) is 4.01. The highest BCUT2D eigenvalue weighted by Gasteiger charge is 2.25. The summed E-state index contributed by atoms with van der Waals surface area (Å²) in [5.41, 5.74) is 0. The second-order valence-corrected chi connectivity index (χ2v) is 5.07. The van der Waals surface area contributed by atoms with Crippen molar-refractivity contribution in [1.29, 1.82) is 0 Å². The van der Waals surface area contributed by atoms with Gasteiger partial charge in [0.15, 0.2) is 11.5 Å². The van der Waals surface area contributed by atoms with E-state index in [1.165, 1.54) is 0 Å². The molecule has 0 spiro atoms. The third-order valence-electron chi connectivity index (χ3n) is 2.27. The lowest BCUT2D eigenvalue weighted by molar-refractivity contribution is 0.0428. The molecule has 0 N–H and O–H groups in total. The number of halogens is 2. The lowest BCUT2D eigenvalue weighted by atomic mass is 10.2. The van der Waals surface area contributed by atoms with Gasteiger partial charge in [0.1, 0.15) is 12.2 Å². The first-order valence-corrected chi connectivity index (χ1v) is 5.99. The molecule has 1 aliphatic rings. The Balaban J connectivity index is 2.42. The van der Waals surface area contributed by atoms with Gasteiger partial charge in [-0.25, -0.2) is 0 Å². The van der Waals surface area contributed by atoms with Crippen molar-refractivity contribution >= 4 is 31.9 Å². The summed E-state index contributed by atoms with van der Waals surface area (Å²) in [4.78, 5) is 0. The van der Waals surface area contributed by atoms with Crippen molar-refractivity contribution < 1.29 is 9.47 Å². The number of hydrogen-bond acceptors (Lipinski definition) is 2. The van der Waals surface area contributed by atoms with E-state index in [0.717, 1.165) is 20.4 Å². The average molecular weight is 322 g/mol. The summed E-state index contributed by atoms with van der Waals surface area (Å²) >= 11 is 6.85. The Labute approximate surface area is 99.8 Å². The van der Waals surface area contributed by atoms with Crippen LogP contribution in [-0.4, -0.2) is 12.2 Å². The average Bonchev–Trinajstić information content (AvgIpc) is 2.11. The molecule has 4 heteroatoms. The first-order valence-electron chi connectivity index (χ1n) is 4.40. The third-order valence-corrected chi connectivity index (χ3v) is 4.12. The lowest BCUT2D eigenvalue weighted by Gasteiger charge is -2.30. The Morgan fingerprint density at radius 2 is 1.29 bits per heavy atom. The molecule has 0 saturated carbocycles. The number of ether oxygens (including phenoxy) is 2. The molecule has 2 atom stereocenters. The van der Waals surface area contributed by atoms with Gasteiger partial charge in [0.05, 0.1) is 0 Å². The van der Waals surface area contributed by atoms with Gasteiger partial charge in [-0.1, -0.05) is 0 Å². The zero-order valence-electron chi connectivity index (χ0n) is 7.88. The van der Waals surface area contributed by atoms with E-state index in [4.69, 9.17) is 9.47 Å². The van der Waals surface area contributed by atoms with Gasteiger partial charge in [0.2, 0.25) is 0 Å². The normalized spacial score (nSPS) is 24.9. The van der Waals surface area contributed by atoms with Gasteiger partial charge in [0, 0.05) is 8.95 Å². The van der Waals surface area contributed by atoms with Crippen molar-refractivity contribution in [2.75, 3.05) is 0 Å². The molecule has 1 aromatic rings. The van der Waals surface area contributed by atoms with E-state index in [2.05, 4.69) is 31.9 Å². The molecule has 0 radical (unpaired) electrons. The van der Waals surface area contributed by atoms with E-state index in [-0.39, 0.29) is 12.2 Å². The maximum Gasteiger partial charge on any atom is 0.163 e. The van der Waals surface area contributed by atoms with Gasteiger partial charge in [-0.05, 0) is 57.8 Å². The molecule has 0 aliphatic carbocycles. The monoisotopic (exact) mass is 320 g/mol. The van der Waals surface area contributed by atoms with Crippen LogP contribution in [0.15, 0.2) is 21.1 Å². The maximum atomic E-state index is 5.70. The van der Waals surface area contributed by atoms with Crippen molar-refractivity contribution in [2.45, 2.75) is 26.1 Å². The quantitative estimate of drug-likeness (QED) is 0.724. The summed E-state index contributed by atoms with van der Waals surface area (Å²) < 4.78 is 13.4. The van der Waals surface area contributed by atoms with Crippen LogP contribution >= 0.6 is 31.9 Å². The second-order valence-electron chi connectivity index (χ2n) is 3.36.